The van der Waals surface area contributed by atoms with Crippen molar-refractivity contribution in [3.05, 3.63) is 54.4 Å². The Balaban J connectivity index is 1.59. The summed E-state index contributed by atoms with van der Waals surface area (Å²) in [6.07, 6.45) is 3.15. The van der Waals surface area contributed by atoms with Crippen LogP contribution in [-0.4, -0.2) is 63.6 Å². The Morgan fingerprint density at radius 2 is 2.12 bits per heavy atom. The molecule has 0 spiro atoms. The van der Waals surface area contributed by atoms with Gasteiger partial charge in [-0.25, -0.2) is 14.8 Å². The monoisotopic (exact) mass is 560 g/mol. The number of ether oxygens (including phenoxy) is 2. The first-order chi connectivity index (χ1) is 19.4. The Labute approximate surface area is 234 Å². The zero-order valence-corrected chi connectivity index (χ0v) is 23.1. The van der Waals surface area contributed by atoms with E-state index in [9.17, 15) is 10.1 Å². The lowest BCUT2D eigenvalue weighted by molar-refractivity contribution is -0.137. The number of nitrogens with zero attached hydrogens (tertiary/aromatic N) is 8. The van der Waals surface area contributed by atoms with Crippen LogP contribution in [0.2, 0.25) is 0 Å². The lowest BCUT2D eigenvalue weighted by atomic mass is 10.1. The van der Waals surface area contributed by atoms with Gasteiger partial charge in [0, 0.05) is 31.3 Å². The van der Waals surface area contributed by atoms with Gasteiger partial charge in [-0.2, -0.15) is 14.9 Å². The number of methoxy groups -OCH3 is 1. The molecule has 0 saturated heterocycles. The van der Waals surface area contributed by atoms with Crippen molar-refractivity contribution in [3.8, 4) is 11.2 Å². The molecule has 0 amide bonds. The number of hydrogen-bond donors (Lipinski definition) is 2. The van der Waals surface area contributed by atoms with Gasteiger partial charge in [0.15, 0.2) is 5.82 Å². The van der Waals surface area contributed by atoms with Crippen LogP contribution in [0.4, 0.5) is 23.3 Å². The molecule has 3 aromatic heterocycles. The highest BCUT2D eigenvalue weighted by Crippen LogP contribution is 2.35. The van der Waals surface area contributed by atoms with Crippen molar-refractivity contribution in [2.75, 3.05) is 37.5 Å². The summed E-state index contributed by atoms with van der Waals surface area (Å²) in [5, 5.41) is 30.0. The number of benzene rings is 1. The predicted octanol–water partition coefficient (Wildman–Crippen LogP) is 4.85. The Morgan fingerprint density at radius 3 is 2.88 bits per heavy atom. The second kappa shape index (κ2) is 13.4. The van der Waals surface area contributed by atoms with E-state index in [0.717, 1.165) is 16.3 Å². The Bertz CT molecular complexity index is 1540. The van der Waals surface area contributed by atoms with Crippen LogP contribution in [0.5, 0.6) is 0 Å². The van der Waals surface area contributed by atoms with Crippen molar-refractivity contribution in [2.45, 2.75) is 26.3 Å². The first-order valence-corrected chi connectivity index (χ1v) is 13.2. The van der Waals surface area contributed by atoms with Crippen molar-refractivity contribution < 1.29 is 14.3 Å². The number of nitrogens with one attached hydrogen (secondary N) is 2. The zero-order valence-electron chi connectivity index (χ0n) is 22.3. The van der Waals surface area contributed by atoms with Crippen LogP contribution in [0, 0.1) is 18.3 Å². The summed E-state index contributed by atoms with van der Waals surface area (Å²) < 4.78 is 12.8. The summed E-state index contributed by atoms with van der Waals surface area (Å²) in [7, 11) is 1.61. The fourth-order valence-electron chi connectivity index (χ4n) is 3.66. The van der Waals surface area contributed by atoms with E-state index in [1.807, 2.05) is 31.2 Å². The van der Waals surface area contributed by atoms with Gasteiger partial charge in [-0.05, 0) is 32.4 Å². The van der Waals surface area contributed by atoms with Crippen molar-refractivity contribution in [2.24, 2.45) is 10.2 Å². The summed E-state index contributed by atoms with van der Waals surface area (Å²) >= 11 is 1.49. The summed E-state index contributed by atoms with van der Waals surface area (Å²) in [6, 6.07) is 9.90. The standard InChI is InChI=1S/C26H28N10O3S/c1-5-21(37)39-12-8-11-28-23-18(13-27)17(3)22(24(32-23)30-16(2)14-38-4)33-34-25-29-15-36(35-25)26-31-19-9-6-7-10-20(19)40-26/h5-7,9-10,15-16H,1,8,11-12,14H2,2-4H3,(H2,28,30,32). The average Bonchev–Trinajstić information content (AvgIpc) is 3.60. The third-order valence-corrected chi connectivity index (χ3v) is 6.57. The van der Waals surface area contributed by atoms with Gasteiger partial charge in [0.2, 0.25) is 5.13 Å². The van der Waals surface area contributed by atoms with Gasteiger partial charge >= 0.3 is 5.97 Å². The maximum Gasteiger partial charge on any atom is 0.330 e. The summed E-state index contributed by atoms with van der Waals surface area (Å²) in [6.45, 7) is 8.12. The van der Waals surface area contributed by atoms with Crippen LogP contribution in [-0.2, 0) is 14.3 Å². The van der Waals surface area contributed by atoms with Crippen molar-refractivity contribution >= 4 is 50.8 Å². The average molecular weight is 561 g/mol. The van der Waals surface area contributed by atoms with Crippen molar-refractivity contribution in [1.29, 1.82) is 5.26 Å². The number of carbonyl (C=O) groups is 1. The number of esters is 1. The smallest absolute Gasteiger partial charge is 0.330 e. The molecule has 2 N–H and O–H groups in total. The third kappa shape index (κ3) is 6.82. The van der Waals surface area contributed by atoms with Gasteiger partial charge in [-0.3, -0.25) is 0 Å². The lowest BCUT2D eigenvalue weighted by Crippen LogP contribution is -2.22. The number of fused-ring (bicyclic) bond motifs is 1. The molecule has 4 aromatic rings. The van der Waals surface area contributed by atoms with Crippen LogP contribution in [0.15, 0.2) is 53.5 Å². The molecule has 1 aromatic carbocycles. The topological polar surface area (TPSA) is 165 Å². The van der Waals surface area contributed by atoms with E-state index >= 15 is 0 Å². The van der Waals surface area contributed by atoms with Gasteiger partial charge in [0.1, 0.15) is 23.9 Å². The second-order valence-corrected chi connectivity index (χ2v) is 9.58. The number of azo groups is 1. The SMILES string of the molecule is C=CC(=O)OCCCNc1nc(NC(C)COC)c(N=Nc2ncn(-c3nc4ccccc4s3)n2)c(C)c1C#N. The van der Waals surface area contributed by atoms with Crippen LogP contribution in [0.3, 0.4) is 0 Å². The molecule has 0 aliphatic heterocycles. The highest BCUT2D eigenvalue weighted by Gasteiger charge is 2.19. The fraction of sp³-hybridized carbons (Fsp3) is 0.308. The molecule has 0 aliphatic rings. The highest BCUT2D eigenvalue weighted by molar-refractivity contribution is 7.20. The number of nitriles is 1. The molecule has 1 atom stereocenters. The van der Waals surface area contributed by atoms with Crippen LogP contribution in [0.1, 0.15) is 24.5 Å². The molecule has 14 heteroatoms. The quantitative estimate of drug-likeness (QED) is 0.0999. The predicted molar refractivity (Wildman–Crippen MR) is 152 cm³/mol. The van der Waals surface area contributed by atoms with Gasteiger partial charge in [0.25, 0.3) is 5.95 Å². The summed E-state index contributed by atoms with van der Waals surface area (Å²) in [5.74, 6) is 0.430. The lowest BCUT2D eigenvalue weighted by Gasteiger charge is -2.18. The van der Waals surface area contributed by atoms with E-state index in [-0.39, 0.29) is 18.6 Å². The molecule has 13 nitrogen and oxygen atoms in total. The summed E-state index contributed by atoms with van der Waals surface area (Å²) in [5.41, 5.74) is 2.13. The molecule has 0 fully saturated rings. The van der Waals surface area contributed by atoms with Crippen LogP contribution in [0.25, 0.3) is 15.3 Å². The van der Waals surface area contributed by atoms with Crippen molar-refractivity contribution in [1.82, 2.24) is 24.7 Å². The van der Waals surface area contributed by atoms with Gasteiger partial charge in [-0.15, -0.1) is 15.3 Å². The third-order valence-electron chi connectivity index (χ3n) is 5.55. The molecule has 1 unspecified atom stereocenters. The number of para-hydroxylation sites is 1. The minimum atomic E-state index is -0.487. The molecule has 4 rings (SSSR count). The molecule has 0 aliphatic carbocycles. The van der Waals surface area contributed by atoms with E-state index in [0.29, 0.717) is 53.2 Å². The molecule has 3 heterocycles. The molecule has 0 radical (unpaired) electrons. The van der Waals surface area contributed by atoms with Gasteiger partial charge < -0.3 is 20.1 Å². The first kappa shape index (κ1) is 28.3. The molecule has 206 valence electrons. The summed E-state index contributed by atoms with van der Waals surface area (Å²) in [4.78, 5) is 24.7. The van der Waals surface area contributed by atoms with E-state index < -0.39 is 5.97 Å². The minimum absolute atomic E-state index is 0.110. The van der Waals surface area contributed by atoms with E-state index in [4.69, 9.17) is 9.47 Å². The Kier molecular flexibility index (Phi) is 9.44. The minimum Gasteiger partial charge on any atom is -0.462 e. The normalized spacial score (nSPS) is 11.8. The fourth-order valence-corrected chi connectivity index (χ4v) is 4.55. The zero-order chi connectivity index (χ0) is 28.5. The molecular weight excluding hydrogens is 532 g/mol. The van der Waals surface area contributed by atoms with Crippen molar-refractivity contribution in [3.63, 3.8) is 0 Å². The largest absolute Gasteiger partial charge is 0.462 e. The highest BCUT2D eigenvalue weighted by atomic mass is 32.1. The van der Waals surface area contributed by atoms with Crippen LogP contribution >= 0.6 is 11.3 Å². The number of rotatable bonds is 13. The van der Waals surface area contributed by atoms with E-state index in [2.05, 4.69) is 53.6 Å². The Morgan fingerprint density at radius 1 is 1.30 bits per heavy atom. The van der Waals surface area contributed by atoms with Gasteiger partial charge in [0.05, 0.1) is 29.0 Å². The number of hydrogen-bond acceptors (Lipinski definition) is 13. The number of thiazole rings is 1. The Hall–Kier alpha value is -4.74. The number of anilines is 2. The maximum absolute atomic E-state index is 11.2. The molecule has 0 saturated carbocycles. The molecule has 0 bridgehead atoms. The number of pyridine rings is 1. The first-order valence-electron chi connectivity index (χ1n) is 12.4. The van der Waals surface area contributed by atoms with Crippen LogP contribution < -0.4 is 10.6 Å². The second-order valence-electron chi connectivity index (χ2n) is 8.58. The van der Waals surface area contributed by atoms with E-state index in [1.54, 1.807) is 18.7 Å². The molecule has 40 heavy (non-hydrogen) atoms. The maximum atomic E-state index is 11.2. The number of aromatic nitrogens is 5. The number of carbonyl (C=O) groups excluding carboxylic acids is 1. The van der Waals surface area contributed by atoms with E-state index in [1.165, 1.54) is 17.7 Å². The van der Waals surface area contributed by atoms with Gasteiger partial charge in [-0.1, -0.05) is 30.0 Å². The molecular formula is C26H28N10O3S.